The summed E-state index contributed by atoms with van der Waals surface area (Å²) in [5, 5.41) is 2.85. The fourth-order valence-corrected chi connectivity index (χ4v) is 5.51. The number of nitrogens with zero attached hydrogens (tertiary/aromatic N) is 2. The van der Waals surface area contributed by atoms with E-state index in [0.717, 1.165) is 31.2 Å². The van der Waals surface area contributed by atoms with Crippen LogP contribution in [0.2, 0.25) is 0 Å². The minimum Gasteiger partial charge on any atom is -0.352 e. The van der Waals surface area contributed by atoms with Gasteiger partial charge in [-0.05, 0) is 43.4 Å². The molecule has 150 valence electrons. The van der Waals surface area contributed by atoms with Crippen molar-refractivity contribution in [3.05, 3.63) is 35.6 Å². The summed E-state index contributed by atoms with van der Waals surface area (Å²) in [5.41, 5.74) is 0.814. The van der Waals surface area contributed by atoms with Crippen molar-refractivity contribution >= 4 is 16.1 Å². The Morgan fingerprint density at radius 2 is 1.63 bits per heavy atom. The second-order valence-corrected chi connectivity index (χ2v) is 9.29. The van der Waals surface area contributed by atoms with Crippen LogP contribution in [0.5, 0.6) is 0 Å². The van der Waals surface area contributed by atoms with Crippen LogP contribution in [0.4, 0.5) is 4.39 Å². The van der Waals surface area contributed by atoms with Gasteiger partial charge in [0.25, 0.3) is 10.2 Å². The molecule has 1 N–H and O–H groups in total. The summed E-state index contributed by atoms with van der Waals surface area (Å²) in [6.07, 6.45) is 5.30. The molecule has 3 rings (SSSR count). The van der Waals surface area contributed by atoms with Crippen LogP contribution in [-0.2, 0) is 21.5 Å². The molecule has 0 aliphatic carbocycles. The average Bonchev–Trinajstić information content (AvgIpc) is 2.97. The summed E-state index contributed by atoms with van der Waals surface area (Å²) < 4.78 is 41.9. The quantitative estimate of drug-likeness (QED) is 0.829. The zero-order valence-corrected chi connectivity index (χ0v) is 16.4. The fourth-order valence-electron chi connectivity index (χ4n) is 3.74. The summed E-state index contributed by atoms with van der Waals surface area (Å²) in [4.78, 5) is 12.5. The molecule has 2 saturated heterocycles. The minimum atomic E-state index is -3.50. The maximum Gasteiger partial charge on any atom is 0.281 e. The van der Waals surface area contributed by atoms with Crippen LogP contribution < -0.4 is 5.32 Å². The number of carbonyl (C=O) groups is 1. The van der Waals surface area contributed by atoms with E-state index >= 15 is 0 Å². The standard InChI is InChI=1S/C19H28FN3O3S/c20-18-9-7-16(8-10-18)14-21-19(24)17-6-5-13-23(15-17)27(25,26)22-11-3-1-2-4-12-22/h7-10,17H,1-6,11-15H2,(H,21,24). The van der Waals surface area contributed by atoms with Crippen molar-refractivity contribution in [2.75, 3.05) is 26.2 Å². The molecule has 2 aliphatic rings. The molecule has 27 heavy (non-hydrogen) atoms. The average molecular weight is 398 g/mol. The smallest absolute Gasteiger partial charge is 0.281 e. The molecule has 0 radical (unpaired) electrons. The van der Waals surface area contributed by atoms with Crippen molar-refractivity contribution in [3.63, 3.8) is 0 Å². The Morgan fingerprint density at radius 1 is 1.00 bits per heavy atom. The predicted octanol–water partition coefficient (Wildman–Crippen LogP) is 2.27. The lowest BCUT2D eigenvalue weighted by atomic mass is 9.99. The molecule has 1 amide bonds. The lowest BCUT2D eigenvalue weighted by Crippen LogP contribution is -2.50. The van der Waals surface area contributed by atoms with Gasteiger partial charge in [-0.2, -0.15) is 17.0 Å². The van der Waals surface area contributed by atoms with Gasteiger partial charge in [-0.1, -0.05) is 25.0 Å². The van der Waals surface area contributed by atoms with E-state index in [4.69, 9.17) is 0 Å². The van der Waals surface area contributed by atoms with E-state index in [1.165, 1.54) is 16.4 Å². The van der Waals surface area contributed by atoms with E-state index in [1.807, 2.05) is 0 Å². The number of benzene rings is 1. The van der Waals surface area contributed by atoms with Gasteiger partial charge in [-0.3, -0.25) is 4.79 Å². The molecule has 2 heterocycles. The van der Waals surface area contributed by atoms with Crippen LogP contribution in [0.25, 0.3) is 0 Å². The molecular formula is C19H28FN3O3S. The fraction of sp³-hybridized carbons (Fsp3) is 0.632. The van der Waals surface area contributed by atoms with Crippen molar-refractivity contribution in [1.29, 1.82) is 0 Å². The first-order valence-corrected chi connectivity index (χ1v) is 11.1. The van der Waals surface area contributed by atoms with Crippen LogP contribution in [0.3, 0.4) is 0 Å². The topological polar surface area (TPSA) is 69.7 Å². The van der Waals surface area contributed by atoms with E-state index in [9.17, 15) is 17.6 Å². The van der Waals surface area contributed by atoms with Crippen LogP contribution in [0, 0.1) is 11.7 Å². The first kappa shape index (κ1) is 20.2. The Hall–Kier alpha value is -1.51. The Morgan fingerprint density at radius 3 is 2.30 bits per heavy atom. The number of amides is 1. The summed E-state index contributed by atoms with van der Waals surface area (Å²) >= 11 is 0. The number of hydrogen-bond donors (Lipinski definition) is 1. The second kappa shape index (κ2) is 9.12. The van der Waals surface area contributed by atoms with Crippen molar-refractivity contribution < 1.29 is 17.6 Å². The molecule has 8 heteroatoms. The Bertz CT molecular complexity index is 731. The maximum absolute atomic E-state index is 13.0. The van der Waals surface area contributed by atoms with Crippen LogP contribution in [0.1, 0.15) is 44.1 Å². The second-order valence-electron chi connectivity index (χ2n) is 7.36. The Kier molecular flexibility index (Phi) is 6.83. The summed E-state index contributed by atoms with van der Waals surface area (Å²) in [6, 6.07) is 5.98. The van der Waals surface area contributed by atoms with Crippen LogP contribution in [0.15, 0.2) is 24.3 Å². The van der Waals surface area contributed by atoms with E-state index in [0.29, 0.717) is 39.0 Å². The zero-order chi connectivity index (χ0) is 19.3. The molecule has 2 aliphatic heterocycles. The van der Waals surface area contributed by atoms with Gasteiger partial charge in [-0.15, -0.1) is 0 Å². The van der Waals surface area contributed by atoms with Crippen molar-refractivity contribution in [2.24, 2.45) is 5.92 Å². The predicted molar refractivity (Wildman–Crippen MR) is 102 cm³/mol. The first-order chi connectivity index (χ1) is 13.0. The van der Waals surface area contributed by atoms with Gasteiger partial charge in [0.1, 0.15) is 5.82 Å². The third-order valence-electron chi connectivity index (χ3n) is 5.35. The van der Waals surface area contributed by atoms with Crippen LogP contribution in [-0.4, -0.2) is 49.1 Å². The molecule has 6 nitrogen and oxygen atoms in total. The van der Waals surface area contributed by atoms with Crippen molar-refractivity contribution in [3.8, 4) is 0 Å². The third kappa shape index (κ3) is 5.27. The highest BCUT2D eigenvalue weighted by Crippen LogP contribution is 2.23. The highest BCUT2D eigenvalue weighted by molar-refractivity contribution is 7.86. The number of carbonyl (C=O) groups excluding carboxylic acids is 1. The van der Waals surface area contributed by atoms with Gasteiger partial charge in [-0.25, -0.2) is 4.39 Å². The summed E-state index contributed by atoms with van der Waals surface area (Å²) in [6.45, 7) is 2.16. The Labute approximate surface area is 160 Å². The first-order valence-electron chi connectivity index (χ1n) is 9.74. The van der Waals surface area contributed by atoms with Crippen LogP contribution >= 0.6 is 0 Å². The molecule has 1 unspecified atom stereocenters. The SMILES string of the molecule is O=C(NCc1ccc(F)cc1)C1CCCN(S(=O)(=O)N2CCCCCC2)C1. The highest BCUT2D eigenvalue weighted by Gasteiger charge is 2.35. The lowest BCUT2D eigenvalue weighted by molar-refractivity contribution is -0.126. The van der Waals surface area contributed by atoms with E-state index < -0.39 is 10.2 Å². The number of nitrogens with one attached hydrogen (secondary N) is 1. The number of piperidine rings is 1. The lowest BCUT2D eigenvalue weighted by Gasteiger charge is -2.34. The number of rotatable bonds is 5. The number of halogens is 1. The van der Waals surface area contributed by atoms with Crippen molar-refractivity contribution in [1.82, 2.24) is 13.9 Å². The van der Waals surface area contributed by atoms with Gasteiger partial charge in [0.05, 0.1) is 5.92 Å². The highest BCUT2D eigenvalue weighted by atomic mass is 32.2. The number of hydrogen-bond acceptors (Lipinski definition) is 3. The van der Waals surface area contributed by atoms with E-state index in [-0.39, 0.29) is 24.2 Å². The molecule has 1 atom stereocenters. The maximum atomic E-state index is 13.0. The summed E-state index contributed by atoms with van der Waals surface area (Å²) in [7, 11) is -3.50. The van der Waals surface area contributed by atoms with Gasteiger partial charge < -0.3 is 5.32 Å². The van der Waals surface area contributed by atoms with Gasteiger partial charge in [0, 0.05) is 32.7 Å². The van der Waals surface area contributed by atoms with Crippen molar-refractivity contribution in [2.45, 2.75) is 45.1 Å². The summed E-state index contributed by atoms with van der Waals surface area (Å²) in [5.74, 6) is -0.803. The van der Waals surface area contributed by atoms with E-state index in [2.05, 4.69) is 5.32 Å². The zero-order valence-electron chi connectivity index (χ0n) is 15.6. The molecule has 1 aromatic rings. The molecule has 0 bridgehead atoms. The molecule has 1 aromatic carbocycles. The minimum absolute atomic E-state index is 0.143. The third-order valence-corrected chi connectivity index (χ3v) is 7.35. The molecule has 0 spiro atoms. The normalized spacial score (nSPS) is 22.9. The largest absolute Gasteiger partial charge is 0.352 e. The van der Waals surface area contributed by atoms with Gasteiger partial charge in [0.2, 0.25) is 5.91 Å². The molecule has 0 saturated carbocycles. The monoisotopic (exact) mass is 397 g/mol. The molecular weight excluding hydrogens is 369 g/mol. The molecule has 0 aromatic heterocycles. The molecule has 2 fully saturated rings. The van der Waals surface area contributed by atoms with Gasteiger partial charge >= 0.3 is 0 Å². The van der Waals surface area contributed by atoms with E-state index in [1.54, 1.807) is 16.4 Å². The van der Waals surface area contributed by atoms with Gasteiger partial charge in [0.15, 0.2) is 0 Å². The Balaban J connectivity index is 1.57.